The lowest BCUT2D eigenvalue weighted by Crippen LogP contribution is -2.14. The molecular weight excluding hydrogens is 286 g/mol. The van der Waals surface area contributed by atoms with Crippen LogP contribution in [-0.2, 0) is 4.74 Å². The van der Waals surface area contributed by atoms with Crippen molar-refractivity contribution >= 4 is 5.97 Å². The quantitative estimate of drug-likeness (QED) is 0.676. The van der Waals surface area contributed by atoms with Gasteiger partial charge in [0.25, 0.3) is 6.43 Å². The Labute approximate surface area is 130 Å². The van der Waals surface area contributed by atoms with Gasteiger partial charge in [-0.15, -0.1) is 0 Å². The molecule has 0 heterocycles. The van der Waals surface area contributed by atoms with Gasteiger partial charge in [-0.2, -0.15) is 0 Å². The molecule has 22 heavy (non-hydrogen) atoms. The van der Waals surface area contributed by atoms with Gasteiger partial charge >= 0.3 is 5.97 Å². The monoisotopic (exact) mass is 310 g/mol. The summed E-state index contributed by atoms with van der Waals surface area (Å²) in [7, 11) is 0. The fourth-order valence-corrected chi connectivity index (χ4v) is 3.31. The van der Waals surface area contributed by atoms with Crippen molar-refractivity contribution < 1.29 is 18.3 Å². The molecule has 2 nitrogen and oxygen atoms in total. The highest BCUT2D eigenvalue weighted by atomic mass is 19.3. The molecule has 1 aromatic rings. The highest BCUT2D eigenvalue weighted by Gasteiger charge is 2.22. The lowest BCUT2D eigenvalue weighted by molar-refractivity contribution is 0.0160. The third kappa shape index (κ3) is 4.79. The first-order valence-corrected chi connectivity index (χ1v) is 8.15. The molecule has 0 atom stereocenters. The second-order valence-electron chi connectivity index (χ2n) is 6.12. The van der Waals surface area contributed by atoms with Crippen LogP contribution in [0.5, 0.6) is 0 Å². The highest BCUT2D eigenvalue weighted by molar-refractivity contribution is 5.89. The number of halogens is 2. The molecule has 0 amide bonds. The Morgan fingerprint density at radius 2 is 1.82 bits per heavy atom. The number of carbonyl (C=O) groups is 1. The van der Waals surface area contributed by atoms with Gasteiger partial charge in [0.15, 0.2) is 6.61 Å². The second-order valence-corrected chi connectivity index (χ2v) is 6.12. The summed E-state index contributed by atoms with van der Waals surface area (Å²) >= 11 is 0. The van der Waals surface area contributed by atoms with Crippen molar-refractivity contribution in [1.82, 2.24) is 0 Å². The molecule has 1 saturated carbocycles. The number of esters is 1. The van der Waals surface area contributed by atoms with Gasteiger partial charge in [0.1, 0.15) is 0 Å². The zero-order valence-electron chi connectivity index (χ0n) is 13.1. The van der Waals surface area contributed by atoms with E-state index in [4.69, 9.17) is 0 Å². The predicted octanol–water partition coefficient (Wildman–Crippen LogP) is 5.18. The van der Waals surface area contributed by atoms with Gasteiger partial charge < -0.3 is 4.74 Å². The van der Waals surface area contributed by atoms with Crippen molar-refractivity contribution in [2.24, 2.45) is 5.92 Å². The van der Waals surface area contributed by atoms with Gasteiger partial charge in [0.05, 0.1) is 5.56 Å². The summed E-state index contributed by atoms with van der Waals surface area (Å²) in [5, 5.41) is 0. The fraction of sp³-hybridized carbons (Fsp3) is 0.611. The maximum absolute atomic E-state index is 12.0. The average molecular weight is 310 g/mol. The zero-order valence-corrected chi connectivity index (χ0v) is 13.1. The molecule has 0 saturated heterocycles. The largest absolute Gasteiger partial charge is 0.456 e. The topological polar surface area (TPSA) is 26.3 Å². The molecule has 0 N–H and O–H groups in total. The first-order chi connectivity index (χ1) is 10.6. The number of rotatable bonds is 6. The maximum Gasteiger partial charge on any atom is 0.338 e. The summed E-state index contributed by atoms with van der Waals surface area (Å²) in [6.07, 6.45) is 4.89. The molecular formula is C18H24F2O2. The third-order valence-corrected chi connectivity index (χ3v) is 4.50. The summed E-state index contributed by atoms with van der Waals surface area (Å²) in [6, 6.07) is 7.23. The van der Waals surface area contributed by atoms with Gasteiger partial charge in [-0.05, 0) is 55.2 Å². The Balaban J connectivity index is 1.88. The van der Waals surface area contributed by atoms with E-state index in [2.05, 4.69) is 11.7 Å². The lowest BCUT2D eigenvalue weighted by atomic mass is 9.77. The smallest absolute Gasteiger partial charge is 0.338 e. The molecule has 4 heteroatoms. The van der Waals surface area contributed by atoms with Crippen LogP contribution in [0, 0.1) is 5.92 Å². The van der Waals surface area contributed by atoms with Gasteiger partial charge in [-0.3, -0.25) is 0 Å². The van der Waals surface area contributed by atoms with Crippen molar-refractivity contribution in [3.63, 3.8) is 0 Å². The lowest BCUT2D eigenvalue weighted by Gasteiger charge is -2.28. The van der Waals surface area contributed by atoms with Crippen molar-refractivity contribution in [3.8, 4) is 0 Å². The maximum atomic E-state index is 12.0. The number of ether oxygens (including phenoxy) is 1. The molecule has 0 spiro atoms. The molecule has 1 aliphatic rings. The number of benzene rings is 1. The predicted molar refractivity (Wildman–Crippen MR) is 82.3 cm³/mol. The molecule has 0 aromatic heterocycles. The van der Waals surface area contributed by atoms with Crippen LogP contribution in [0.4, 0.5) is 8.78 Å². The molecule has 1 aromatic carbocycles. The highest BCUT2D eigenvalue weighted by Crippen LogP contribution is 2.37. The van der Waals surface area contributed by atoms with Gasteiger partial charge in [-0.25, -0.2) is 13.6 Å². The summed E-state index contributed by atoms with van der Waals surface area (Å²) < 4.78 is 28.6. The molecule has 0 bridgehead atoms. The molecule has 0 aliphatic heterocycles. The van der Waals surface area contributed by atoms with Crippen molar-refractivity contribution in [2.45, 2.75) is 57.8 Å². The minimum absolute atomic E-state index is 0.337. The number of hydrogen-bond donors (Lipinski definition) is 0. The first kappa shape index (κ1) is 16.9. The van der Waals surface area contributed by atoms with E-state index in [9.17, 15) is 13.6 Å². The summed E-state index contributed by atoms with van der Waals surface area (Å²) in [4.78, 5) is 11.6. The minimum Gasteiger partial charge on any atom is -0.456 e. The summed E-state index contributed by atoms with van der Waals surface area (Å²) in [6.45, 7) is 1.39. The Hall–Kier alpha value is -1.45. The Morgan fingerprint density at radius 3 is 2.36 bits per heavy atom. The van der Waals surface area contributed by atoms with Crippen LogP contribution >= 0.6 is 0 Å². The van der Waals surface area contributed by atoms with Crippen LogP contribution in [0.1, 0.15) is 67.3 Å². The normalized spacial score (nSPS) is 21.8. The SMILES string of the molecule is CCCC1CCC(c2ccc(C(=O)OCC(F)F)cc2)CC1. The second kappa shape index (κ2) is 8.25. The zero-order chi connectivity index (χ0) is 15.9. The third-order valence-electron chi connectivity index (χ3n) is 4.50. The summed E-state index contributed by atoms with van der Waals surface area (Å²) in [5.41, 5.74) is 1.57. The van der Waals surface area contributed by atoms with Crippen LogP contribution in [0.2, 0.25) is 0 Å². The van der Waals surface area contributed by atoms with Crippen LogP contribution in [0.3, 0.4) is 0 Å². The van der Waals surface area contributed by atoms with E-state index in [-0.39, 0.29) is 0 Å². The van der Waals surface area contributed by atoms with Crippen LogP contribution in [-0.4, -0.2) is 19.0 Å². The molecule has 122 valence electrons. The van der Waals surface area contributed by atoms with Gasteiger partial charge in [0.2, 0.25) is 0 Å². The molecule has 2 rings (SSSR count). The van der Waals surface area contributed by atoms with E-state index in [1.807, 2.05) is 12.1 Å². The summed E-state index contributed by atoms with van der Waals surface area (Å²) in [5.74, 6) is 0.739. The van der Waals surface area contributed by atoms with Crippen LogP contribution in [0.15, 0.2) is 24.3 Å². The van der Waals surface area contributed by atoms with E-state index >= 15 is 0 Å². The van der Waals surface area contributed by atoms with Crippen molar-refractivity contribution in [3.05, 3.63) is 35.4 Å². The molecule has 0 radical (unpaired) electrons. The van der Waals surface area contributed by atoms with E-state index in [1.165, 1.54) is 44.1 Å². The molecule has 1 aliphatic carbocycles. The Kier molecular flexibility index (Phi) is 6.34. The van der Waals surface area contributed by atoms with E-state index in [0.29, 0.717) is 11.5 Å². The van der Waals surface area contributed by atoms with Crippen LogP contribution in [0.25, 0.3) is 0 Å². The fourth-order valence-electron chi connectivity index (χ4n) is 3.31. The van der Waals surface area contributed by atoms with E-state index < -0.39 is 19.0 Å². The molecule has 1 fully saturated rings. The van der Waals surface area contributed by atoms with E-state index in [0.717, 1.165) is 5.92 Å². The number of hydrogen-bond acceptors (Lipinski definition) is 2. The number of carbonyl (C=O) groups excluding carboxylic acids is 1. The van der Waals surface area contributed by atoms with Gasteiger partial charge in [-0.1, -0.05) is 31.9 Å². The first-order valence-electron chi connectivity index (χ1n) is 8.15. The molecule has 0 unspecified atom stereocenters. The standard InChI is InChI=1S/C18H24F2O2/c1-2-3-13-4-6-14(7-5-13)15-8-10-16(11-9-15)18(21)22-12-17(19)20/h8-11,13-14,17H,2-7,12H2,1H3. The van der Waals surface area contributed by atoms with E-state index in [1.54, 1.807) is 12.1 Å². The van der Waals surface area contributed by atoms with Crippen molar-refractivity contribution in [2.75, 3.05) is 6.61 Å². The van der Waals surface area contributed by atoms with Crippen molar-refractivity contribution in [1.29, 1.82) is 0 Å². The average Bonchev–Trinajstić information content (AvgIpc) is 2.54. The number of alkyl halides is 2. The Bertz CT molecular complexity index is 462. The van der Waals surface area contributed by atoms with Gasteiger partial charge in [0, 0.05) is 0 Å². The minimum atomic E-state index is -2.62. The van der Waals surface area contributed by atoms with Crippen LogP contribution < -0.4 is 0 Å². The Morgan fingerprint density at radius 1 is 1.18 bits per heavy atom.